The Morgan fingerprint density at radius 3 is 2.10 bits per heavy atom. The van der Waals surface area contributed by atoms with Crippen molar-refractivity contribution in [3.8, 4) is 0 Å². The summed E-state index contributed by atoms with van der Waals surface area (Å²) in [5, 5.41) is 3.15. The van der Waals surface area contributed by atoms with Gasteiger partial charge in [0.1, 0.15) is 0 Å². The van der Waals surface area contributed by atoms with E-state index in [9.17, 15) is 9.59 Å². The molecule has 2 amide bonds. The van der Waals surface area contributed by atoms with E-state index in [0.717, 1.165) is 18.4 Å². The highest BCUT2D eigenvalue weighted by Crippen LogP contribution is 2.12. The summed E-state index contributed by atoms with van der Waals surface area (Å²) < 4.78 is 0. The Labute approximate surface area is 173 Å². The molecule has 1 heterocycles. The van der Waals surface area contributed by atoms with Gasteiger partial charge < -0.3 is 10.2 Å². The van der Waals surface area contributed by atoms with E-state index in [4.69, 9.17) is 0 Å². The van der Waals surface area contributed by atoms with Crippen molar-refractivity contribution in [3.63, 3.8) is 0 Å². The number of rotatable bonds is 7. The summed E-state index contributed by atoms with van der Waals surface area (Å²) in [5.74, 6) is 0.130. The number of hydrogen-bond acceptors (Lipinski definition) is 3. The quantitative estimate of drug-likeness (QED) is 0.787. The lowest BCUT2D eigenvalue weighted by atomic mass is 10.1. The second-order valence-electron chi connectivity index (χ2n) is 7.80. The Balaban J connectivity index is 1.43. The van der Waals surface area contributed by atoms with Crippen LogP contribution in [0.4, 0.5) is 0 Å². The maximum Gasteiger partial charge on any atom is 0.253 e. The Bertz CT molecular complexity index is 786. The highest BCUT2D eigenvalue weighted by molar-refractivity contribution is 5.94. The first-order valence-corrected chi connectivity index (χ1v) is 10.5. The second-order valence-corrected chi connectivity index (χ2v) is 7.80. The molecule has 2 atom stereocenters. The number of hydrogen-bond donors (Lipinski definition) is 1. The highest BCUT2D eigenvalue weighted by atomic mass is 16.2. The van der Waals surface area contributed by atoms with Gasteiger partial charge in [-0.15, -0.1) is 0 Å². The summed E-state index contributed by atoms with van der Waals surface area (Å²) >= 11 is 0. The van der Waals surface area contributed by atoms with Gasteiger partial charge in [0, 0.05) is 37.8 Å². The number of piperazine rings is 1. The van der Waals surface area contributed by atoms with Crippen molar-refractivity contribution in [2.75, 3.05) is 26.2 Å². The lowest BCUT2D eigenvalue weighted by Crippen LogP contribution is -2.55. The number of aryl methyl sites for hydroxylation is 1. The molecule has 5 heteroatoms. The van der Waals surface area contributed by atoms with Crippen molar-refractivity contribution < 1.29 is 9.59 Å². The third-order valence-electron chi connectivity index (χ3n) is 5.65. The summed E-state index contributed by atoms with van der Waals surface area (Å²) in [6.07, 6.45) is 1.87. The fourth-order valence-electron chi connectivity index (χ4n) is 3.70. The zero-order chi connectivity index (χ0) is 20.6. The Kier molecular flexibility index (Phi) is 7.42. The van der Waals surface area contributed by atoms with E-state index in [-0.39, 0.29) is 23.9 Å². The maximum absolute atomic E-state index is 12.7. The summed E-state index contributed by atoms with van der Waals surface area (Å²) in [4.78, 5) is 29.3. The van der Waals surface area contributed by atoms with E-state index in [1.54, 1.807) is 0 Å². The van der Waals surface area contributed by atoms with Crippen LogP contribution < -0.4 is 5.32 Å². The summed E-state index contributed by atoms with van der Waals surface area (Å²) in [6, 6.07) is 19.7. The standard InChI is InChI=1S/C24H31N3O2/c1-19(13-14-21-9-5-3-6-10-21)25-23(28)20(2)26-15-17-27(18-16-26)24(29)22-11-7-4-8-12-22/h3-12,19-20H,13-18H2,1-2H3,(H,25,28)/t19-,20-/m1/s1. The van der Waals surface area contributed by atoms with Gasteiger partial charge in [-0.25, -0.2) is 0 Å². The van der Waals surface area contributed by atoms with Gasteiger partial charge in [0.05, 0.1) is 6.04 Å². The summed E-state index contributed by atoms with van der Waals surface area (Å²) in [5.41, 5.74) is 2.01. The van der Waals surface area contributed by atoms with Crippen molar-refractivity contribution in [1.82, 2.24) is 15.1 Å². The zero-order valence-corrected chi connectivity index (χ0v) is 17.4. The van der Waals surface area contributed by atoms with Crippen LogP contribution in [0, 0.1) is 0 Å². The predicted octanol–water partition coefficient (Wildman–Crippen LogP) is 2.97. The maximum atomic E-state index is 12.7. The molecule has 1 fully saturated rings. The molecule has 2 aromatic rings. The minimum Gasteiger partial charge on any atom is -0.352 e. The van der Waals surface area contributed by atoms with Crippen molar-refractivity contribution in [2.45, 2.75) is 38.8 Å². The summed E-state index contributed by atoms with van der Waals surface area (Å²) in [6.45, 7) is 6.74. The molecule has 0 spiro atoms. The van der Waals surface area contributed by atoms with Gasteiger partial charge in [0.2, 0.25) is 5.91 Å². The molecule has 0 saturated carbocycles. The van der Waals surface area contributed by atoms with Gasteiger partial charge in [0.15, 0.2) is 0 Å². The van der Waals surface area contributed by atoms with Crippen LogP contribution in [-0.4, -0.2) is 59.9 Å². The molecule has 29 heavy (non-hydrogen) atoms. The summed E-state index contributed by atoms with van der Waals surface area (Å²) in [7, 11) is 0. The van der Waals surface area contributed by atoms with Gasteiger partial charge in [-0.2, -0.15) is 0 Å². The molecule has 0 aromatic heterocycles. The molecular weight excluding hydrogens is 362 g/mol. The minimum absolute atomic E-state index is 0.0633. The van der Waals surface area contributed by atoms with Gasteiger partial charge >= 0.3 is 0 Å². The molecule has 2 aromatic carbocycles. The molecule has 154 valence electrons. The topological polar surface area (TPSA) is 52.7 Å². The minimum atomic E-state index is -0.192. The molecule has 1 saturated heterocycles. The van der Waals surface area contributed by atoms with Crippen LogP contribution in [0.25, 0.3) is 0 Å². The molecule has 1 aliphatic rings. The van der Waals surface area contributed by atoms with Gasteiger partial charge in [0.25, 0.3) is 5.91 Å². The smallest absolute Gasteiger partial charge is 0.253 e. The number of amides is 2. The molecule has 1 aliphatic heterocycles. The molecule has 0 aliphatic carbocycles. The number of nitrogens with zero attached hydrogens (tertiary/aromatic N) is 2. The molecule has 3 rings (SSSR count). The number of nitrogens with one attached hydrogen (secondary N) is 1. The lowest BCUT2D eigenvalue weighted by molar-refractivity contribution is -0.127. The SMILES string of the molecule is C[C@H](CCc1ccccc1)NC(=O)[C@@H](C)N1CCN(C(=O)c2ccccc2)CC1. The fraction of sp³-hybridized carbons (Fsp3) is 0.417. The van der Waals surface area contributed by atoms with Crippen molar-refractivity contribution in [3.05, 3.63) is 71.8 Å². The number of benzene rings is 2. The van der Waals surface area contributed by atoms with Crippen molar-refractivity contribution >= 4 is 11.8 Å². The Hall–Kier alpha value is -2.66. The molecular formula is C24H31N3O2. The Morgan fingerprint density at radius 1 is 0.897 bits per heavy atom. The van der Waals surface area contributed by atoms with Crippen LogP contribution in [-0.2, 0) is 11.2 Å². The third kappa shape index (κ3) is 5.91. The van der Waals surface area contributed by atoms with E-state index in [1.807, 2.05) is 60.4 Å². The largest absolute Gasteiger partial charge is 0.352 e. The van der Waals surface area contributed by atoms with Crippen molar-refractivity contribution in [1.29, 1.82) is 0 Å². The Morgan fingerprint density at radius 2 is 1.48 bits per heavy atom. The van der Waals surface area contributed by atoms with Gasteiger partial charge in [-0.05, 0) is 44.4 Å². The normalized spacial score (nSPS) is 16.8. The fourth-order valence-corrected chi connectivity index (χ4v) is 3.70. The first-order valence-electron chi connectivity index (χ1n) is 10.5. The first kappa shape index (κ1) is 21.1. The van der Waals surface area contributed by atoms with E-state index in [0.29, 0.717) is 26.2 Å². The van der Waals surface area contributed by atoms with Crippen LogP contribution in [0.15, 0.2) is 60.7 Å². The van der Waals surface area contributed by atoms with Crippen LogP contribution in [0.3, 0.4) is 0 Å². The molecule has 0 radical (unpaired) electrons. The van der Waals surface area contributed by atoms with E-state index < -0.39 is 0 Å². The second kappa shape index (κ2) is 10.2. The van der Waals surface area contributed by atoms with E-state index in [1.165, 1.54) is 5.56 Å². The highest BCUT2D eigenvalue weighted by Gasteiger charge is 2.28. The molecule has 1 N–H and O–H groups in total. The molecule has 0 bridgehead atoms. The van der Waals surface area contributed by atoms with Crippen LogP contribution in [0.1, 0.15) is 36.2 Å². The van der Waals surface area contributed by atoms with Crippen LogP contribution in [0.5, 0.6) is 0 Å². The van der Waals surface area contributed by atoms with Crippen molar-refractivity contribution in [2.24, 2.45) is 0 Å². The average Bonchev–Trinajstić information content (AvgIpc) is 2.78. The van der Waals surface area contributed by atoms with Crippen LogP contribution >= 0.6 is 0 Å². The van der Waals surface area contributed by atoms with E-state index >= 15 is 0 Å². The third-order valence-corrected chi connectivity index (χ3v) is 5.65. The lowest BCUT2D eigenvalue weighted by Gasteiger charge is -2.37. The number of carbonyl (C=O) groups is 2. The van der Waals surface area contributed by atoms with Gasteiger partial charge in [-0.3, -0.25) is 14.5 Å². The van der Waals surface area contributed by atoms with Crippen LogP contribution in [0.2, 0.25) is 0 Å². The number of carbonyl (C=O) groups excluding carboxylic acids is 2. The van der Waals surface area contributed by atoms with E-state index in [2.05, 4.69) is 29.3 Å². The average molecular weight is 394 g/mol. The molecule has 0 unspecified atom stereocenters. The predicted molar refractivity (Wildman–Crippen MR) is 116 cm³/mol. The first-order chi connectivity index (χ1) is 14.0. The zero-order valence-electron chi connectivity index (χ0n) is 17.4. The monoisotopic (exact) mass is 393 g/mol. The van der Waals surface area contributed by atoms with Gasteiger partial charge in [-0.1, -0.05) is 48.5 Å². The molecule has 5 nitrogen and oxygen atoms in total.